The Hall–Kier alpha value is -1.83. The standard InChI is InChI=1S/C6H12N2O5.CH2O/c7-5(9)12-3-1-11-2-4-13-6(8)10;1-2/h1-4H2,(H2,7,9)(H2,8,10);1H2. The first-order chi connectivity index (χ1) is 7.13. The monoisotopic (exact) mass is 222 g/mol. The molecule has 0 aromatic heterocycles. The van der Waals surface area contributed by atoms with E-state index in [9.17, 15) is 9.59 Å². The van der Waals surface area contributed by atoms with Crippen molar-refractivity contribution in [2.24, 2.45) is 11.5 Å². The van der Waals surface area contributed by atoms with Crippen molar-refractivity contribution in [3.8, 4) is 0 Å². The zero-order chi connectivity index (χ0) is 12.1. The van der Waals surface area contributed by atoms with Gasteiger partial charge in [0.25, 0.3) is 0 Å². The fourth-order valence-corrected chi connectivity index (χ4v) is 0.504. The molecule has 0 bridgehead atoms. The highest BCUT2D eigenvalue weighted by atomic mass is 16.6. The van der Waals surface area contributed by atoms with E-state index < -0.39 is 12.2 Å². The van der Waals surface area contributed by atoms with Gasteiger partial charge < -0.3 is 30.5 Å². The molecule has 0 aliphatic carbocycles. The number of hydrogen-bond acceptors (Lipinski definition) is 6. The molecule has 0 spiro atoms. The van der Waals surface area contributed by atoms with E-state index >= 15 is 0 Å². The summed E-state index contributed by atoms with van der Waals surface area (Å²) in [6.45, 7) is 2.55. The van der Waals surface area contributed by atoms with E-state index in [2.05, 4.69) is 20.9 Å². The van der Waals surface area contributed by atoms with E-state index in [1.54, 1.807) is 0 Å². The van der Waals surface area contributed by atoms with Crippen LogP contribution < -0.4 is 11.5 Å². The van der Waals surface area contributed by atoms with Gasteiger partial charge in [0.2, 0.25) is 0 Å². The molecule has 0 rings (SSSR count). The Bertz CT molecular complexity index is 168. The highest BCUT2D eigenvalue weighted by Gasteiger charge is 1.95. The lowest BCUT2D eigenvalue weighted by atomic mass is 10.7. The van der Waals surface area contributed by atoms with Gasteiger partial charge in [0.1, 0.15) is 20.0 Å². The van der Waals surface area contributed by atoms with E-state index in [0.717, 1.165) is 0 Å². The minimum atomic E-state index is -0.850. The third-order valence-electron chi connectivity index (χ3n) is 0.944. The Labute approximate surface area is 86.4 Å². The maximum Gasteiger partial charge on any atom is 0.404 e. The zero-order valence-electron chi connectivity index (χ0n) is 8.14. The molecule has 4 N–H and O–H groups in total. The predicted molar refractivity (Wildman–Crippen MR) is 49.0 cm³/mol. The van der Waals surface area contributed by atoms with E-state index in [1.807, 2.05) is 6.79 Å². The van der Waals surface area contributed by atoms with Crippen molar-refractivity contribution in [1.29, 1.82) is 0 Å². The summed E-state index contributed by atoms with van der Waals surface area (Å²) in [5, 5.41) is 0. The molecular formula is C7H14N2O6. The molecule has 0 heterocycles. The van der Waals surface area contributed by atoms with E-state index in [1.165, 1.54) is 0 Å². The van der Waals surface area contributed by atoms with Crippen molar-refractivity contribution in [2.45, 2.75) is 0 Å². The van der Waals surface area contributed by atoms with Gasteiger partial charge in [0.15, 0.2) is 0 Å². The van der Waals surface area contributed by atoms with Crippen LogP contribution in [0.1, 0.15) is 0 Å². The summed E-state index contributed by atoms with van der Waals surface area (Å²) in [6.07, 6.45) is -1.70. The minimum Gasteiger partial charge on any atom is -0.447 e. The summed E-state index contributed by atoms with van der Waals surface area (Å²) in [7, 11) is 0. The normalized spacial score (nSPS) is 8.27. The third kappa shape index (κ3) is 18.9. The maximum absolute atomic E-state index is 10.0. The van der Waals surface area contributed by atoms with Crippen LogP contribution in [0.5, 0.6) is 0 Å². The molecule has 0 aromatic rings. The molecule has 0 radical (unpaired) electrons. The van der Waals surface area contributed by atoms with Crippen LogP contribution >= 0.6 is 0 Å². The van der Waals surface area contributed by atoms with Crippen LogP contribution in [0.2, 0.25) is 0 Å². The van der Waals surface area contributed by atoms with Crippen LogP contribution in [0.15, 0.2) is 0 Å². The van der Waals surface area contributed by atoms with Crippen molar-refractivity contribution < 1.29 is 28.6 Å². The van der Waals surface area contributed by atoms with Crippen LogP contribution in [-0.2, 0) is 19.0 Å². The van der Waals surface area contributed by atoms with Crippen LogP contribution in [0, 0.1) is 0 Å². The van der Waals surface area contributed by atoms with E-state index in [0.29, 0.717) is 0 Å². The molecule has 0 aromatic carbocycles. The van der Waals surface area contributed by atoms with Gasteiger partial charge in [0, 0.05) is 0 Å². The maximum atomic E-state index is 10.0. The smallest absolute Gasteiger partial charge is 0.404 e. The Morgan fingerprint density at radius 1 is 0.867 bits per heavy atom. The molecule has 8 nitrogen and oxygen atoms in total. The second-order valence-electron chi connectivity index (χ2n) is 1.95. The molecule has 0 atom stereocenters. The Morgan fingerprint density at radius 3 is 1.47 bits per heavy atom. The zero-order valence-corrected chi connectivity index (χ0v) is 8.14. The summed E-state index contributed by atoms with van der Waals surface area (Å²) < 4.78 is 13.6. The van der Waals surface area contributed by atoms with Crippen LogP contribution in [0.3, 0.4) is 0 Å². The molecule has 0 unspecified atom stereocenters. The topological polar surface area (TPSA) is 131 Å². The van der Waals surface area contributed by atoms with Crippen molar-refractivity contribution in [3.05, 3.63) is 0 Å². The highest BCUT2D eigenvalue weighted by Crippen LogP contribution is 1.80. The van der Waals surface area contributed by atoms with Gasteiger partial charge in [-0.1, -0.05) is 0 Å². The number of carbonyl (C=O) groups excluding carboxylic acids is 3. The first kappa shape index (κ1) is 15.6. The van der Waals surface area contributed by atoms with Crippen LogP contribution in [0.4, 0.5) is 9.59 Å². The number of primary amides is 2. The fraction of sp³-hybridized carbons (Fsp3) is 0.571. The summed E-state index contributed by atoms with van der Waals surface area (Å²) in [5.74, 6) is 0. The highest BCUT2D eigenvalue weighted by molar-refractivity contribution is 5.64. The van der Waals surface area contributed by atoms with Gasteiger partial charge in [-0.15, -0.1) is 0 Å². The first-order valence-corrected chi connectivity index (χ1v) is 3.84. The lowest BCUT2D eigenvalue weighted by Crippen LogP contribution is -2.19. The predicted octanol–water partition coefficient (Wildman–Crippen LogP) is -0.991. The number of carbonyl (C=O) groups is 3. The second kappa shape index (κ2) is 12.2. The van der Waals surface area contributed by atoms with Gasteiger partial charge in [-0.05, 0) is 0 Å². The molecule has 0 saturated carbocycles. The minimum absolute atomic E-state index is 0.0753. The summed E-state index contributed by atoms with van der Waals surface area (Å²) in [6, 6.07) is 0. The number of nitrogens with two attached hydrogens (primary N) is 2. The van der Waals surface area contributed by atoms with Crippen molar-refractivity contribution >= 4 is 19.0 Å². The Balaban J connectivity index is 0. The van der Waals surface area contributed by atoms with Crippen molar-refractivity contribution in [2.75, 3.05) is 26.4 Å². The number of ether oxygens (including phenoxy) is 3. The van der Waals surface area contributed by atoms with Gasteiger partial charge in [0.05, 0.1) is 13.2 Å². The molecule has 0 saturated heterocycles. The molecule has 0 aliphatic rings. The number of amides is 2. The molecular weight excluding hydrogens is 208 g/mol. The quantitative estimate of drug-likeness (QED) is 0.554. The molecule has 88 valence electrons. The Morgan fingerprint density at radius 2 is 1.20 bits per heavy atom. The fourth-order valence-electron chi connectivity index (χ4n) is 0.504. The molecule has 8 heteroatoms. The van der Waals surface area contributed by atoms with Gasteiger partial charge in [-0.25, -0.2) is 9.59 Å². The third-order valence-corrected chi connectivity index (χ3v) is 0.944. The van der Waals surface area contributed by atoms with Crippen LogP contribution in [0.25, 0.3) is 0 Å². The van der Waals surface area contributed by atoms with Gasteiger partial charge in [-0.2, -0.15) is 0 Å². The van der Waals surface area contributed by atoms with Gasteiger partial charge in [-0.3, -0.25) is 0 Å². The number of rotatable bonds is 6. The lowest BCUT2D eigenvalue weighted by Gasteiger charge is -2.03. The van der Waals surface area contributed by atoms with E-state index in [4.69, 9.17) is 9.53 Å². The van der Waals surface area contributed by atoms with Crippen LogP contribution in [-0.4, -0.2) is 45.4 Å². The second-order valence-corrected chi connectivity index (χ2v) is 1.95. The Kier molecular flexibility index (Phi) is 12.7. The molecule has 15 heavy (non-hydrogen) atoms. The SMILES string of the molecule is C=O.NC(=O)OCCOCCOC(N)=O. The number of hydrogen-bond donors (Lipinski definition) is 2. The van der Waals surface area contributed by atoms with Crippen molar-refractivity contribution in [3.63, 3.8) is 0 Å². The van der Waals surface area contributed by atoms with E-state index in [-0.39, 0.29) is 26.4 Å². The molecule has 0 fully saturated rings. The molecule has 0 aliphatic heterocycles. The largest absolute Gasteiger partial charge is 0.447 e. The summed E-state index contributed by atoms with van der Waals surface area (Å²) in [5.41, 5.74) is 9.34. The average molecular weight is 222 g/mol. The van der Waals surface area contributed by atoms with Crippen molar-refractivity contribution in [1.82, 2.24) is 0 Å². The molecule has 2 amide bonds. The van der Waals surface area contributed by atoms with Gasteiger partial charge >= 0.3 is 12.2 Å². The average Bonchev–Trinajstić information content (AvgIpc) is 2.18. The lowest BCUT2D eigenvalue weighted by molar-refractivity contribution is -0.0980. The first-order valence-electron chi connectivity index (χ1n) is 3.84. The summed E-state index contributed by atoms with van der Waals surface area (Å²) >= 11 is 0. The summed E-state index contributed by atoms with van der Waals surface area (Å²) in [4.78, 5) is 28.1.